The van der Waals surface area contributed by atoms with Crippen molar-refractivity contribution in [1.82, 2.24) is 0 Å². The predicted octanol–water partition coefficient (Wildman–Crippen LogP) is 12.1. The fourth-order valence-corrected chi connectivity index (χ4v) is 7.90. The highest BCUT2D eigenvalue weighted by atomic mass is 14.3. The van der Waals surface area contributed by atoms with Crippen LogP contribution in [0.15, 0.2) is 73.3 Å². The van der Waals surface area contributed by atoms with Crippen molar-refractivity contribution in [3.8, 4) is 0 Å². The second kappa shape index (κ2) is 14.7. The maximum absolute atomic E-state index is 4.61. The van der Waals surface area contributed by atoms with E-state index in [0.29, 0.717) is 23.7 Å². The Labute approximate surface area is 253 Å². The summed E-state index contributed by atoms with van der Waals surface area (Å²) < 4.78 is 0. The van der Waals surface area contributed by atoms with Crippen LogP contribution in [-0.2, 0) is 12.8 Å². The molecular weight excluding hydrogens is 492 g/mol. The molecule has 2 aromatic carbocycles. The van der Waals surface area contributed by atoms with Gasteiger partial charge in [-0.3, -0.25) is 0 Å². The summed E-state index contributed by atoms with van der Waals surface area (Å²) in [5, 5.41) is 0. The zero-order valence-corrected chi connectivity index (χ0v) is 27.1. The Kier molecular flexibility index (Phi) is 11.3. The zero-order chi connectivity index (χ0) is 29.5. The molecule has 2 aliphatic carbocycles. The van der Waals surface area contributed by atoms with Gasteiger partial charge in [0.1, 0.15) is 0 Å². The Balaban J connectivity index is 1.27. The lowest BCUT2D eigenvalue weighted by molar-refractivity contribution is 0.220. The molecular formula is C41H58. The highest BCUT2D eigenvalue weighted by Gasteiger charge is 2.28. The fourth-order valence-electron chi connectivity index (χ4n) is 7.90. The minimum atomic E-state index is 0.587. The van der Waals surface area contributed by atoms with E-state index in [2.05, 4.69) is 103 Å². The molecule has 4 rings (SSSR count). The first kappa shape index (κ1) is 31.6. The van der Waals surface area contributed by atoms with E-state index < -0.39 is 0 Å². The monoisotopic (exact) mass is 550 g/mol. The van der Waals surface area contributed by atoms with Crippen LogP contribution in [0.25, 0.3) is 6.08 Å². The minimum Gasteiger partial charge on any atom is -0.0992 e. The number of hydrogen-bond donors (Lipinski definition) is 0. The smallest absolute Gasteiger partial charge is 0.00611 e. The van der Waals surface area contributed by atoms with Crippen LogP contribution in [0.3, 0.4) is 0 Å². The van der Waals surface area contributed by atoms with E-state index in [1.165, 1.54) is 96.8 Å². The summed E-state index contributed by atoms with van der Waals surface area (Å²) in [6, 6.07) is 16.4. The third-order valence-electron chi connectivity index (χ3n) is 10.7. The van der Waals surface area contributed by atoms with Gasteiger partial charge in [-0.25, -0.2) is 0 Å². The van der Waals surface area contributed by atoms with Gasteiger partial charge in [0, 0.05) is 0 Å². The van der Waals surface area contributed by atoms with Crippen molar-refractivity contribution in [3.05, 3.63) is 101 Å². The van der Waals surface area contributed by atoms with Crippen molar-refractivity contribution in [1.29, 1.82) is 0 Å². The fraction of sp³-hybridized carbons (Fsp3) is 0.561. The first-order chi connectivity index (χ1) is 19.6. The van der Waals surface area contributed by atoms with E-state index >= 15 is 0 Å². The summed E-state index contributed by atoms with van der Waals surface area (Å²) in [7, 11) is 0. The molecule has 0 aromatic heterocycles. The van der Waals surface area contributed by atoms with Gasteiger partial charge in [0.15, 0.2) is 0 Å². The van der Waals surface area contributed by atoms with Crippen LogP contribution in [0.2, 0.25) is 0 Å². The van der Waals surface area contributed by atoms with Crippen LogP contribution >= 0.6 is 0 Å². The van der Waals surface area contributed by atoms with E-state index in [4.69, 9.17) is 0 Å². The summed E-state index contributed by atoms with van der Waals surface area (Å²) >= 11 is 0. The van der Waals surface area contributed by atoms with Crippen molar-refractivity contribution in [2.24, 2.45) is 29.6 Å². The van der Waals surface area contributed by atoms with Gasteiger partial charge in [0.05, 0.1) is 0 Å². The predicted molar refractivity (Wildman–Crippen MR) is 182 cm³/mol. The van der Waals surface area contributed by atoms with E-state index in [1.807, 2.05) is 0 Å². The minimum absolute atomic E-state index is 0.587. The molecule has 0 spiro atoms. The normalized spacial score (nSPS) is 23.9. The molecule has 0 heteroatoms. The summed E-state index contributed by atoms with van der Waals surface area (Å²) in [6.45, 7) is 25.1. The Hall–Kier alpha value is -2.34. The third kappa shape index (κ3) is 8.59. The first-order valence-corrected chi connectivity index (χ1v) is 16.8. The van der Waals surface area contributed by atoms with Gasteiger partial charge < -0.3 is 0 Å². The molecule has 0 bridgehead atoms. The first-order valence-electron chi connectivity index (χ1n) is 16.8. The Morgan fingerprint density at radius 3 is 1.88 bits per heavy atom. The standard InChI is InChI=1S/C41H58/c1-9-34-27-41(39-20-18-36(19-21-39)30(6)24-28(2)3)23-22-40(34)26-32(8)38-16-14-37(15-17-38)31(7)25-33-10-12-35(13-11-33)29(4)5/h9-13,22-23,27-30,36-39H,1,7-8,14-21,24-26H2,2-6H3. The van der Waals surface area contributed by atoms with Gasteiger partial charge in [-0.2, -0.15) is 0 Å². The highest BCUT2D eigenvalue weighted by Crippen LogP contribution is 2.41. The SMILES string of the molecule is C=Cc1cc(C2CCC(C(C)CC(C)C)CC2)ccc1CC(=C)C1CCC(C(=C)Cc2ccc(C(C)C)cc2)CC1. The van der Waals surface area contributed by atoms with Crippen LogP contribution in [-0.4, -0.2) is 0 Å². The van der Waals surface area contributed by atoms with Crippen LogP contribution in [0.4, 0.5) is 0 Å². The second-order valence-electron chi connectivity index (χ2n) is 14.5. The van der Waals surface area contributed by atoms with Gasteiger partial charge >= 0.3 is 0 Å². The largest absolute Gasteiger partial charge is 0.0992 e. The maximum atomic E-state index is 4.61. The molecule has 2 fully saturated rings. The van der Waals surface area contributed by atoms with Crippen molar-refractivity contribution >= 4 is 6.08 Å². The van der Waals surface area contributed by atoms with E-state index in [1.54, 1.807) is 0 Å². The van der Waals surface area contributed by atoms with Crippen molar-refractivity contribution in [2.75, 3.05) is 0 Å². The molecule has 1 atom stereocenters. The number of rotatable bonds is 12. The molecule has 1 unspecified atom stereocenters. The van der Waals surface area contributed by atoms with Gasteiger partial charge in [-0.15, -0.1) is 0 Å². The Morgan fingerprint density at radius 2 is 1.34 bits per heavy atom. The lowest BCUT2D eigenvalue weighted by atomic mass is 9.72. The topological polar surface area (TPSA) is 0 Å². The van der Waals surface area contributed by atoms with Crippen LogP contribution in [0.1, 0.15) is 132 Å². The number of benzene rings is 2. The lowest BCUT2D eigenvalue weighted by Gasteiger charge is -2.33. The summed E-state index contributed by atoms with van der Waals surface area (Å²) in [6.07, 6.45) is 15.9. The molecule has 0 nitrogen and oxygen atoms in total. The van der Waals surface area contributed by atoms with E-state index in [0.717, 1.165) is 30.6 Å². The van der Waals surface area contributed by atoms with Crippen molar-refractivity contribution in [2.45, 2.75) is 117 Å². The molecule has 2 aromatic rings. The molecule has 222 valence electrons. The van der Waals surface area contributed by atoms with Crippen molar-refractivity contribution < 1.29 is 0 Å². The van der Waals surface area contributed by atoms with Crippen molar-refractivity contribution in [3.63, 3.8) is 0 Å². The summed E-state index contributed by atoms with van der Waals surface area (Å²) in [4.78, 5) is 0. The summed E-state index contributed by atoms with van der Waals surface area (Å²) in [5.41, 5.74) is 9.91. The second-order valence-corrected chi connectivity index (χ2v) is 14.5. The zero-order valence-electron chi connectivity index (χ0n) is 27.1. The van der Waals surface area contributed by atoms with Gasteiger partial charge in [0.2, 0.25) is 0 Å². The van der Waals surface area contributed by atoms with Crippen LogP contribution in [0, 0.1) is 29.6 Å². The number of allylic oxidation sites excluding steroid dienone is 2. The Bertz CT molecular complexity index is 1140. The van der Waals surface area contributed by atoms with Gasteiger partial charge in [0.25, 0.3) is 0 Å². The quantitative estimate of drug-likeness (QED) is 0.231. The molecule has 0 amide bonds. The van der Waals surface area contributed by atoms with Gasteiger partial charge in [-0.05, 0) is 140 Å². The Morgan fingerprint density at radius 1 is 0.756 bits per heavy atom. The average molecular weight is 551 g/mol. The van der Waals surface area contributed by atoms with E-state index in [9.17, 15) is 0 Å². The molecule has 41 heavy (non-hydrogen) atoms. The van der Waals surface area contributed by atoms with Gasteiger partial charge in [-0.1, -0.05) is 114 Å². The molecule has 0 aliphatic heterocycles. The van der Waals surface area contributed by atoms with Crippen LogP contribution in [0.5, 0.6) is 0 Å². The average Bonchev–Trinajstić information content (AvgIpc) is 2.97. The van der Waals surface area contributed by atoms with Crippen LogP contribution < -0.4 is 0 Å². The summed E-state index contributed by atoms with van der Waals surface area (Å²) in [5.74, 6) is 5.17. The lowest BCUT2D eigenvalue weighted by Crippen LogP contribution is -2.20. The van der Waals surface area contributed by atoms with E-state index in [-0.39, 0.29) is 0 Å². The maximum Gasteiger partial charge on any atom is -0.00611 e. The molecule has 2 aliphatic rings. The molecule has 0 radical (unpaired) electrons. The highest BCUT2D eigenvalue weighted by molar-refractivity contribution is 5.55. The molecule has 0 saturated heterocycles. The number of hydrogen-bond acceptors (Lipinski definition) is 0. The molecule has 2 saturated carbocycles. The molecule has 0 N–H and O–H groups in total. The third-order valence-corrected chi connectivity index (χ3v) is 10.7. The molecule has 0 heterocycles.